The van der Waals surface area contributed by atoms with Gasteiger partial charge >= 0.3 is 0 Å². The number of rotatable bonds is 3. The zero-order chi connectivity index (χ0) is 15.7. The number of amides is 2. The van der Waals surface area contributed by atoms with E-state index in [-0.39, 0.29) is 11.1 Å². The molecule has 4 N–H and O–H groups in total. The van der Waals surface area contributed by atoms with Gasteiger partial charge in [-0.1, -0.05) is 54.6 Å². The molecule has 0 saturated carbocycles. The van der Waals surface area contributed by atoms with Gasteiger partial charge in [-0.25, -0.2) is 0 Å². The van der Waals surface area contributed by atoms with Crippen molar-refractivity contribution >= 4 is 22.6 Å². The number of hydrogen-bond donors (Lipinski definition) is 2. The maximum absolute atomic E-state index is 11.9. The predicted octanol–water partition coefficient (Wildman–Crippen LogP) is 2.70. The second-order valence-electron chi connectivity index (χ2n) is 4.98. The number of primary amides is 2. The van der Waals surface area contributed by atoms with Gasteiger partial charge in [0.15, 0.2) is 0 Å². The van der Waals surface area contributed by atoms with Crippen LogP contribution in [0.15, 0.2) is 60.7 Å². The maximum atomic E-state index is 11.9. The van der Waals surface area contributed by atoms with Gasteiger partial charge in [0.1, 0.15) is 0 Å². The van der Waals surface area contributed by atoms with E-state index in [4.69, 9.17) is 11.5 Å². The monoisotopic (exact) mass is 290 g/mol. The SMILES string of the molecule is NC(=O)c1cccc(-c2cccc3ccccc23)c1C(N)=O. The van der Waals surface area contributed by atoms with Gasteiger partial charge in [0, 0.05) is 0 Å². The van der Waals surface area contributed by atoms with Crippen molar-refractivity contribution in [1.29, 1.82) is 0 Å². The molecule has 0 unspecified atom stereocenters. The van der Waals surface area contributed by atoms with Crippen LogP contribution >= 0.6 is 0 Å². The Morgan fingerprint density at radius 3 is 2.05 bits per heavy atom. The molecule has 108 valence electrons. The number of hydrogen-bond acceptors (Lipinski definition) is 2. The van der Waals surface area contributed by atoms with Crippen LogP contribution in [0.4, 0.5) is 0 Å². The first kappa shape index (κ1) is 13.8. The lowest BCUT2D eigenvalue weighted by atomic mass is 9.91. The first-order valence-electron chi connectivity index (χ1n) is 6.80. The molecule has 4 heteroatoms. The summed E-state index contributed by atoms with van der Waals surface area (Å²) in [7, 11) is 0. The maximum Gasteiger partial charge on any atom is 0.250 e. The molecule has 0 heterocycles. The van der Waals surface area contributed by atoms with Gasteiger partial charge in [0.05, 0.1) is 11.1 Å². The molecule has 0 aliphatic rings. The number of carbonyl (C=O) groups excluding carboxylic acids is 2. The summed E-state index contributed by atoms with van der Waals surface area (Å²) in [5.41, 5.74) is 12.6. The Labute approximate surface area is 127 Å². The van der Waals surface area contributed by atoms with Gasteiger partial charge in [-0.05, 0) is 28.0 Å². The minimum Gasteiger partial charge on any atom is -0.366 e. The smallest absolute Gasteiger partial charge is 0.250 e. The summed E-state index contributed by atoms with van der Waals surface area (Å²) in [5, 5.41) is 2.02. The highest BCUT2D eigenvalue weighted by atomic mass is 16.2. The van der Waals surface area contributed by atoms with Crippen LogP contribution in [0, 0.1) is 0 Å². The minimum absolute atomic E-state index is 0.137. The van der Waals surface area contributed by atoms with Crippen LogP contribution in [0.25, 0.3) is 21.9 Å². The van der Waals surface area contributed by atoms with Crippen LogP contribution < -0.4 is 11.5 Å². The summed E-state index contributed by atoms with van der Waals surface area (Å²) in [4.78, 5) is 23.5. The zero-order valence-electron chi connectivity index (χ0n) is 11.7. The van der Waals surface area contributed by atoms with Crippen molar-refractivity contribution in [3.05, 3.63) is 71.8 Å². The van der Waals surface area contributed by atoms with Crippen LogP contribution in [-0.4, -0.2) is 11.8 Å². The van der Waals surface area contributed by atoms with Gasteiger partial charge in [0.2, 0.25) is 11.8 Å². The summed E-state index contributed by atoms with van der Waals surface area (Å²) in [6.07, 6.45) is 0. The standard InChI is InChI=1S/C18H14N2O2/c19-17(21)15-10-4-9-14(16(15)18(20)22)13-8-3-6-11-5-1-2-7-12(11)13/h1-10H,(H2,19,21)(H2,20,22). The fourth-order valence-electron chi connectivity index (χ4n) is 2.71. The summed E-state index contributed by atoms with van der Waals surface area (Å²) < 4.78 is 0. The van der Waals surface area contributed by atoms with Gasteiger partial charge < -0.3 is 11.5 Å². The fourth-order valence-corrected chi connectivity index (χ4v) is 2.71. The molecule has 3 rings (SSSR count). The molecule has 0 atom stereocenters. The van der Waals surface area contributed by atoms with Crippen molar-refractivity contribution in [2.24, 2.45) is 11.5 Å². The van der Waals surface area contributed by atoms with Crippen LogP contribution in [0.2, 0.25) is 0 Å². The molecule has 0 aliphatic heterocycles. The van der Waals surface area contributed by atoms with Crippen molar-refractivity contribution in [2.75, 3.05) is 0 Å². The summed E-state index contributed by atoms with van der Waals surface area (Å²) in [5.74, 6) is -1.34. The van der Waals surface area contributed by atoms with E-state index >= 15 is 0 Å². The molecule has 2 amide bonds. The Hall–Kier alpha value is -3.14. The number of fused-ring (bicyclic) bond motifs is 1. The molecular formula is C18H14N2O2. The highest BCUT2D eigenvalue weighted by Crippen LogP contribution is 2.32. The average Bonchev–Trinajstić information content (AvgIpc) is 2.53. The molecule has 4 nitrogen and oxygen atoms in total. The van der Waals surface area contributed by atoms with Crippen molar-refractivity contribution in [2.45, 2.75) is 0 Å². The highest BCUT2D eigenvalue weighted by Gasteiger charge is 2.19. The molecule has 3 aromatic carbocycles. The van der Waals surface area contributed by atoms with Gasteiger partial charge in [-0.2, -0.15) is 0 Å². The molecular weight excluding hydrogens is 276 g/mol. The van der Waals surface area contributed by atoms with E-state index in [1.807, 2.05) is 42.5 Å². The van der Waals surface area contributed by atoms with Crippen LogP contribution in [0.5, 0.6) is 0 Å². The lowest BCUT2D eigenvalue weighted by molar-refractivity contribution is 0.0968. The van der Waals surface area contributed by atoms with E-state index in [0.29, 0.717) is 5.56 Å². The average molecular weight is 290 g/mol. The van der Waals surface area contributed by atoms with Crippen LogP contribution in [0.3, 0.4) is 0 Å². The molecule has 0 fully saturated rings. The predicted molar refractivity (Wildman–Crippen MR) is 86.4 cm³/mol. The Bertz CT molecular complexity index is 895. The van der Waals surface area contributed by atoms with Gasteiger partial charge in [-0.15, -0.1) is 0 Å². The fraction of sp³-hybridized carbons (Fsp3) is 0. The second-order valence-corrected chi connectivity index (χ2v) is 4.98. The molecule has 0 radical (unpaired) electrons. The van der Waals surface area contributed by atoms with E-state index < -0.39 is 11.8 Å². The zero-order valence-corrected chi connectivity index (χ0v) is 11.7. The third-order valence-electron chi connectivity index (χ3n) is 3.66. The molecule has 0 aliphatic carbocycles. The minimum atomic E-state index is -0.670. The summed E-state index contributed by atoms with van der Waals surface area (Å²) in [6, 6.07) is 18.6. The Morgan fingerprint density at radius 1 is 0.682 bits per heavy atom. The molecule has 22 heavy (non-hydrogen) atoms. The third kappa shape index (κ3) is 2.20. The second kappa shape index (κ2) is 5.33. The number of carbonyl (C=O) groups is 2. The summed E-state index contributed by atoms with van der Waals surface area (Å²) >= 11 is 0. The largest absolute Gasteiger partial charge is 0.366 e. The van der Waals surface area contributed by atoms with E-state index in [1.54, 1.807) is 12.1 Å². The first-order valence-corrected chi connectivity index (χ1v) is 6.80. The normalized spacial score (nSPS) is 10.5. The Balaban J connectivity index is 2.39. The van der Waals surface area contributed by atoms with Gasteiger partial charge in [0.25, 0.3) is 0 Å². The molecule has 3 aromatic rings. The van der Waals surface area contributed by atoms with Crippen molar-refractivity contribution in [1.82, 2.24) is 0 Å². The van der Waals surface area contributed by atoms with Crippen molar-refractivity contribution < 1.29 is 9.59 Å². The van der Waals surface area contributed by atoms with E-state index in [0.717, 1.165) is 16.3 Å². The lowest BCUT2D eigenvalue weighted by Crippen LogP contribution is -2.21. The Kier molecular flexibility index (Phi) is 3.35. The van der Waals surface area contributed by atoms with Crippen LogP contribution in [0.1, 0.15) is 20.7 Å². The topological polar surface area (TPSA) is 86.2 Å². The lowest BCUT2D eigenvalue weighted by Gasteiger charge is -2.12. The molecule has 0 aromatic heterocycles. The van der Waals surface area contributed by atoms with E-state index in [2.05, 4.69) is 0 Å². The highest BCUT2D eigenvalue weighted by molar-refractivity contribution is 6.12. The quantitative estimate of drug-likeness (QED) is 0.777. The molecule has 0 bridgehead atoms. The first-order chi connectivity index (χ1) is 10.6. The van der Waals surface area contributed by atoms with Gasteiger partial charge in [-0.3, -0.25) is 9.59 Å². The third-order valence-corrected chi connectivity index (χ3v) is 3.66. The van der Waals surface area contributed by atoms with Crippen molar-refractivity contribution in [3.8, 4) is 11.1 Å². The number of nitrogens with two attached hydrogens (primary N) is 2. The van der Waals surface area contributed by atoms with Crippen molar-refractivity contribution in [3.63, 3.8) is 0 Å². The van der Waals surface area contributed by atoms with Crippen LogP contribution in [-0.2, 0) is 0 Å². The number of benzene rings is 3. The van der Waals surface area contributed by atoms with E-state index in [9.17, 15) is 9.59 Å². The summed E-state index contributed by atoms with van der Waals surface area (Å²) in [6.45, 7) is 0. The molecule has 0 spiro atoms. The molecule has 0 saturated heterocycles. The van der Waals surface area contributed by atoms with E-state index in [1.165, 1.54) is 6.07 Å². The Morgan fingerprint density at radius 2 is 1.32 bits per heavy atom.